The van der Waals surface area contributed by atoms with Crippen LogP contribution in [0.1, 0.15) is 12.0 Å². The largest absolute Gasteiger partial charge is 0.489 e. The molecule has 1 aliphatic heterocycles. The Labute approximate surface area is 172 Å². The molecule has 2 aromatic carbocycles. The highest BCUT2D eigenvalue weighted by molar-refractivity contribution is 6.33. The molecule has 28 heavy (non-hydrogen) atoms. The first kappa shape index (κ1) is 18.7. The molecule has 1 aliphatic rings. The van der Waals surface area contributed by atoms with Gasteiger partial charge in [-0.3, -0.25) is 4.79 Å². The van der Waals surface area contributed by atoms with Gasteiger partial charge in [0.05, 0.1) is 41.7 Å². The third-order valence-electron chi connectivity index (χ3n) is 4.24. The molecule has 0 spiro atoms. The molecule has 0 unspecified atom stereocenters. The molecule has 0 radical (unpaired) electrons. The molecular weight excluding hydrogens is 401 g/mol. The molecule has 3 aromatic rings. The van der Waals surface area contributed by atoms with E-state index in [0.29, 0.717) is 40.4 Å². The van der Waals surface area contributed by atoms with E-state index in [2.05, 4.69) is 10.3 Å². The smallest absolute Gasteiger partial charge is 0.228 e. The second-order valence-corrected chi connectivity index (χ2v) is 7.13. The number of imidazole rings is 1. The summed E-state index contributed by atoms with van der Waals surface area (Å²) >= 11 is 12.6. The summed E-state index contributed by atoms with van der Waals surface area (Å²) in [5, 5.41) is 3.80. The lowest BCUT2D eigenvalue weighted by atomic mass is 10.1. The number of hydrogen-bond donors (Lipinski definition) is 1. The standard InChI is InChI=1S/C20H17Cl2N3O3/c21-15-11-14(2-3-17(15)25-5-4-23-12-25)24-19(26)10-13-8-16(22)20-18(9-13)27-6-1-7-28-20/h2-5,8-9,11-12H,1,6-7,10H2,(H,24,26). The number of halogens is 2. The number of amides is 1. The van der Waals surface area contributed by atoms with Crippen molar-refractivity contribution in [3.8, 4) is 17.2 Å². The monoisotopic (exact) mass is 417 g/mol. The van der Waals surface area contributed by atoms with E-state index in [1.807, 2.05) is 6.07 Å². The van der Waals surface area contributed by atoms with Crippen molar-refractivity contribution in [2.24, 2.45) is 0 Å². The van der Waals surface area contributed by atoms with Crippen molar-refractivity contribution in [1.29, 1.82) is 0 Å². The van der Waals surface area contributed by atoms with Crippen LogP contribution in [-0.4, -0.2) is 28.7 Å². The number of anilines is 1. The molecule has 1 aromatic heterocycles. The summed E-state index contributed by atoms with van der Waals surface area (Å²) in [6.07, 6.45) is 6.07. The lowest BCUT2D eigenvalue weighted by Crippen LogP contribution is -2.14. The van der Waals surface area contributed by atoms with Gasteiger partial charge < -0.3 is 19.4 Å². The topological polar surface area (TPSA) is 65.4 Å². The van der Waals surface area contributed by atoms with Crippen LogP contribution in [0.5, 0.6) is 11.5 Å². The van der Waals surface area contributed by atoms with Crippen molar-refractivity contribution >= 4 is 34.8 Å². The Bertz CT molecular complexity index is 1010. The van der Waals surface area contributed by atoms with Gasteiger partial charge in [-0.25, -0.2) is 4.98 Å². The van der Waals surface area contributed by atoms with Crippen LogP contribution >= 0.6 is 23.2 Å². The van der Waals surface area contributed by atoms with Gasteiger partial charge in [-0.2, -0.15) is 0 Å². The van der Waals surface area contributed by atoms with E-state index >= 15 is 0 Å². The summed E-state index contributed by atoms with van der Waals surface area (Å²) in [7, 11) is 0. The Morgan fingerprint density at radius 2 is 2.00 bits per heavy atom. The third-order valence-corrected chi connectivity index (χ3v) is 4.82. The molecule has 8 heteroatoms. The SMILES string of the molecule is O=C(Cc1cc(Cl)c2c(c1)OCCCO2)Nc1ccc(-n2ccnc2)c(Cl)c1. The number of carbonyl (C=O) groups excluding carboxylic acids is 1. The normalized spacial score (nSPS) is 13.1. The van der Waals surface area contributed by atoms with Crippen LogP contribution in [0, 0.1) is 0 Å². The Morgan fingerprint density at radius 3 is 2.79 bits per heavy atom. The lowest BCUT2D eigenvalue weighted by Gasteiger charge is -2.12. The number of fused-ring (bicyclic) bond motifs is 1. The number of nitrogens with one attached hydrogen (secondary N) is 1. The van der Waals surface area contributed by atoms with Crippen LogP contribution in [0.25, 0.3) is 5.69 Å². The van der Waals surface area contributed by atoms with Crippen molar-refractivity contribution < 1.29 is 14.3 Å². The minimum Gasteiger partial charge on any atom is -0.489 e. The number of benzene rings is 2. The minimum atomic E-state index is -0.183. The van der Waals surface area contributed by atoms with E-state index in [9.17, 15) is 4.79 Å². The molecule has 1 N–H and O–H groups in total. The molecular formula is C20H17Cl2N3O3. The third kappa shape index (κ3) is 4.08. The number of rotatable bonds is 4. The molecule has 4 rings (SSSR count). The zero-order valence-corrected chi connectivity index (χ0v) is 16.3. The van der Waals surface area contributed by atoms with Gasteiger partial charge in [-0.05, 0) is 35.9 Å². The zero-order valence-electron chi connectivity index (χ0n) is 14.8. The van der Waals surface area contributed by atoms with E-state index < -0.39 is 0 Å². The minimum absolute atomic E-state index is 0.150. The summed E-state index contributed by atoms with van der Waals surface area (Å²) in [6, 6.07) is 8.84. The Balaban J connectivity index is 1.47. The second-order valence-electron chi connectivity index (χ2n) is 6.32. The number of aromatic nitrogens is 2. The average molecular weight is 418 g/mol. The highest BCUT2D eigenvalue weighted by atomic mass is 35.5. The molecule has 0 bridgehead atoms. The van der Waals surface area contributed by atoms with Crippen LogP contribution in [0.15, 0.2) is 49.1 Å². The maximum absolute atomic E-state index is 12.5. The first-order chi connectivity index (χ1) is 13.6. The van der Waals surface area contributed by atoms with E-state index in [0.717, 1.165) is 17.7 Å². The van der Waals surface area contributed by atoms with Crippen molar-refractivity contribution in [2.45, 2.75) is 12.8 Å². The van der Waals surface area contributed by atoms with Gasteiger partial charge in [0, 0.05) is 24.5 Å². The lowest BCUT2D eigenvalue weighted by molar-refractivity contribution is -0.115. The van der Waals surface area contributed by atoms with E-state index in [1.54, 1.807) is 47.6 Å². The van der Waals surface area contributed by atoms with Gasteiger partial charge in [0.15, 0.2) is 11.5 Å². The number of ether oxygens (including phenoxy) is 2. The fourth-order valence-electron chi connectivity index (χ4n) is 2.97. The second kappa shape index (κ2) is 8.12. The number of carbonyl (C=O) groups is 1. The first-order valence-corrected chi connectivity index (χ1v) is 9.51. The zero-order chi connectivity index (χ0) is 19.5. The van der Waals surface area contributed by atoms with Gasteiger partial charge in [0.25, 0.3) is 0 Å². The molecule has 2 heterocycles. The number of nitrogens with zero attached hydrogens (tertiary/aromatic N) is 2. The first-order valence-electron chi connectivity index (χ1n) is 8.76. The molecule has 0 fully saturated rings. The van der Waals surface area contributed by atoms with E-state index in [1.165, 1.54) is 0 Å². The Hall–Kier alpha value is -2.70. The van der Waals surface area contributed by atoms with E-state index in [4.69, 9.17) is 32.7 Å². The summed E-state index contributed by atoms with van der Waals surface area (Å²) in [5.74, 6) is 0.919. The van der Waals surface area contributed by atoms with Crippen molar-refractivity contribution in [3.05, 3.63) is 64.7 Å². The molecule has 0 saturated heterocycles. The molecule has 0 atom stereocenters. The fraction of sp³-hybridized carbons (Fsp3) is 0.200. The molecule has 0 aliphatic carbocycles. The molecule has 1 amide bonds. The number of hydrogen-bond acceptors (Lipinski definition) is 4. The highest BCUT2D eigenvalue weighted by Gasteiger charge is 2.17. The molecule has 144 valence electrons. The van der Waals surface area contributed by atoms with Gasteiger partial charge in [0.1, 0.15) is 0 Å². The quantitative estimate of drug-likeness (QED) is 0.677. The molecule has 0 saturated carbocycles. The summed E-state index contributed by atoms with van der Waals surface area (Å²) in [6.45, 7) is 1.11. The maximum atomic E-state index is 12.5. The van der Waals surface area contributed by atoms with E-state index in [-0.39, 0.29) is 12.3 Å². The van der Waals surface area contributed by atoms with Crippen LogP contribution in [0.3, 0.4) is 0 Å². The van der Waals surface area contributed by atoms with Crippen molar-refractivity contribution in [2.75, 3.05) is 18.5 Å². The summed E-state index contributed by atoms with van der Waals surface area (Å²) in [4.78, 5) is 16.5. The van der Waals surface area contributed by atoms with Gasteiger partial charge in [-0.15, -0.1) is 0 Å². The Morgan fingerprint density at radius 1 is 1.14 bits per heavy atom. The maximum Gasteiger partial charge on any atom is 0.228 e. The van der Waals surface area contributed by atoms with Crippen LogP contribution < -0.4 is 14.8 Å². The predicted octanol–water partition coefficient (Wildman–Crippen LogP) is 4.52. The summed E-state index contributed by atoms with van der Waals surface area (Å²) < 4.78 is 13.1. The van der Waals surface area contributed by atoms with Gasteiger partial charge >= 0.3 is 0 Å². The molecule has 6 nitrogen and oxygen atoms in total. The van der Waals surface area contributed by atoms with Crippen LogP contribution in [0.4, 0.5) is 5.69 Å². The van der Waals surface area contributed by atoms with Crippen LogP contribution in [-0.2, 0) is 11.2 Å². The summed E-state index contributed by atoms with van der Waals surface area (Å²) in [5.41, 5.74) is 2.14. The Kier molecular flexibility index (Phi) is 5.41. The highest BCUT2D eigenvalue weighted by Crippen LogP contribution is 2.38. The van der Waals surface area contributed by atoms with Crippen molar-refractivity contribution in [1.82, 2.24) is 9.55 Å². The van der Waals surface area contributed by atoms with Gasteiger partial charge in [-0.1, -0.05) is 23.2 Å². The van der Waals surface area contributed by atoms with Gasteiger partial charge in [0.2, 0.25) is 5.91 Å². The fourth-order valence-corrected chi connectivity index (χ4v) is 3.54. The predicted molar refractivity (Wildman–Crippen MR) is 108 cm³/mol. The van der Waals surface area contributed by atoms with Crippen LogP contribution in [0.2, 0.25) is 10.0 Å². The average Bonchev–Trinajstić information content (AvgIpc) is 3.07. The van der Waals surface area contributed by atoms with Crippen molar-refractivity contribution in [3.63, 3.8) is 0 Å².